The molecule has 5 heterocycles. The lowest BCUT2D eigenvalue weighted by atomic mass is 9.80. The molecule has 0 amide bonds. The van der Waals surface area contributed by atoms with E-state index in [1.54, 1.807) is 76.9 Å². The average molecular weight is 1150 g/mol. The van der Waals surface area contributed by atoms with Crippen molar-refractivity contribution < 1.29 is 51.8 Å². The quantitative estimate of drug-likeness (QED) is 0.0666. The Kier molecular flexibility index (Phi) is 16.8. The van der Waals surface area contributed by atoms with Gasteiger partial charge in [0.15, 0.2) is 11.9 Å². The lowest BCUT2D eigenvalue weighted by molar-refractivity contribution is -0.151. The summed E-state index contributed by atoms with van der Waals surface area (Å²) in [7, 11) is 4.85. The number of para-hydroxylation sites is 1. The number of hydrogen-bond donors (Lipinski definition) is 0. The van der Waals surface area contributed by atoms with Gasteiger partial charge >= 0.3 is 5.97 Å². The third-order valence-corrected chi connectivity index (χ3v) is 15.9. The Morgan fingerprint density at radius 3 is 2.17 bits per heavy atom. The Morgan fingerprint density at radius 2 is 1.46 bits per heavy atom. The first-order valence-corrected chi connectivity index (χ1v) is 27.9. The van der Waals surface area contributed by atoms with Crippen LogP contribution in [0.25, 0.3) is 43.2 Å². The minimum Gasteiger partial charge on any atom is -0.497 e. The number of esters is 1. The SMILES string of the molecule is CCOC(=O)[C@H]1Cc2cc(ccc2OCc2ccnc(-c3ccccc3OC)n2)OC[C@@H](COC(c2ccccc2)(c2ccc(OC)cc2)c2ccc(OC)cc2)Oc2ccc(c(C)c2Cl)-c2c(-c3ccc(F)cc3)sc3ncnc(c23)O1. The van der Waals surface area contributed by atoms with E-state index in [1.165, 1.54) is 29.8 Å². The van der Waals surface area contributed by atoms with Crippen molar-refractivity contribution in [2.24, 2.45) is 0 Å². The molecule has 14 nitrogen and oxygen atoms in total. The van der Waals surface area contributed by atoms with E-state index in [0.717, 1.165) is 27.1 Å². The van der Waals surface area contributed by atoms with Crippen LogP contribution in [0, 0.1) is 12.7 Å². The fourth-order valence-electron chi connectivity index (χ4n) is 10.1. The number of nitrogens with zero attached hydrogens (tertiary/aromatic N) is 4. The zero-order valence-electron chi connectivity index (χ0n) is 46.0. The van der Waals surface area contributed by atoms with Crippen molar-refractivity contribution in [2.45, 2.75) is 44.7 Å². The molecule has 3 aromatic heterocycles. The van der Waals surface area contributed by atoms with Crippen molar-refractivity contribution in [3.05, 3.63) is 221 Å². The van der Waals surface area contributed by atoms with Crippen molar-refractivity contribution in [3.63, 3.8) is 0 Å². The molecule has 12 rings (SSSR count). The smallest absolute Gasteiger partial charge is 0.347 e. The van der Waals surface area contributed by atoms with E-state index in [-0.39, 0.29) is 38.7 Å². The van der Waals surface area contributed by atoms with Crippen LogP contribution in [-0.2, 0) is 32.9 Å². The van der Waals surface area contributed by atoms with Gasteiger partial charge in [-0.3, -0.25) is 0 Å². The first-order chi connectivity index (χ1) is 40.6. The topological polar surface area (TPSA) is 152 Å². The van der Waals surface area contributed by atoms with Gasteiger partial charge in [-0.1, -0.05) is 96.5 Å². The third kappa shape index (κ3) is 11.7. The number of hydrogen-bond acceptors (Lipinski definition) is 15. The van der Waals surface area contributed by atoms with Crippen LogP contribution in [0.15, 0.2) is 176 Å². The molecule has 420 valence electrons. The number of halogens is 2. The molecule has 2 atom stereocenters. The summed E-state index contributed by atoms with van der Waals surface area (Å²) in [5, 5.41) is 0.819. The Hall–Kier alpha value is -9.09. The highest BCUT2D eigenvalue weighted by Crippen LogP contribution is 2.50. The standard InChI is InChI=1S/C66H56ClFN4O10S/c1-6-77-65(73)57-35-42-34-50(28-30-54(42)79-36-47-32-33-69-62(72-47)53-14-10-11-15-55(53)76-5)78-37-51(38-80-66(43-12-8-7-9-13-43,44-18-24-48(74-3)25-19-44)45-20-26-49(75-4)27-21-45)81-56-31-29-52(40(2)60(56)67)58-59-63(82-57)70-39-71-64(59)83-61(58)41-16-22-46(68)23-17-41/h7-34,39,51,57H,6,35-38H2,1-5H3/t51-,57+/m0/s1. The van der Waals surface area contributed by atoms with Crippen LogP contribution in [0.2, 0.25) is 5.02 Å². The van der Waals surface area contributed by atoms with Crippen LogP contribution in [0.3, 0.4) is 0 Å². The number of aromatic nitrogens is 4. The molecule has 4 bridgehead atoms. The zero-order chi connectivity index (χ0) is 57.5. The van der Waals surface area contributed by atoms with E-state index in [2.05, 4.69) is 9.97 Å². The van der Waals surface area contributed by atoms with Crippen LogP contribution >= 0.6 is 22.9 Å². The second kappa shape index (κ2) is 25.0. The van der Waals surface area contributed by atoms with Gasteiger partial charge in [0, 0.05) is 28.6 Å². The van der Waals surface area contributed by atoms with Gasteiger partial charge in [0.1, 0.15) is 70.3 Å². The van der Waals surface area contributed by atoms with E-state index < -0.39 is 29.6 Å². The fraction of sp³-hybridized carbons (Fsp3) is 0.197. The lowest BCUT2D eigenvalue weighted by Crippen LogP contribution is -2.39. The van der Waals surface area contributed by atoms with Crippen molar-refractivity contribution in [1.82, 2.24) is 19.9 Å². The maximum Gasteiger partial charge on any atom is 0.347 e. The normalized spacial score (nSPS) is 14.2. The van der Waals surface area contributed by atoms with Gasteiger partial charge in [-0.2, -0.15) is 0 Å². The summed E-state index contributed by atoms with van der Waals surface area (Å²) < 4.78 is 71.8. The number of thiophene rings is 1. The van der Waals surface area contributed by atoms with Gasteiger partial charge in [-0.25, -0.2) is 29.1 Å². The molecule has 0 radical (unpaired) electrons. The Balaban J connectivity index is 1.05. The summed E-state index contributed by atoms with van der Waals surface area (Å²) in [5.74, 6) is 2.69. The first-order valence-electron chi connectivity index (χ1n) is 26.7. The van der Waals surface area contributed by atoms with Crippen LogP contribution in [-0.4, -0.2) is 79.3 Å². The van der Waals surface area contributed by atoms with Crippen molar-refractivity contribution in [2.75, 3.05) is 41.2 Å². The lowest BCUT2D eigenvalue weighted by Gasteiger charge is -2.37. The number of ether oxygens (including phenoxy) is 9. The van der Waals surface area contributed by atoms with Crippen LogP contribution in [0.1, 0.15) is 40.4 Å². The Labute approximate surface area is 488 Å². The largest absolute Gasteiger partial charge is 0.497 e. The number of benzene rings is 7. The monoisotopic (exact) mass is 1150 g/mol. The van der Waals surface area contributed by atoms with E-state index >= 15 is 0 Å². The van der Waals surface area contributed by atoms with Gasteiger partial charge < -0.3 is 42.6 Å². The first kappa shape index (κ1) is 55.8. The molecule has 0 unspecified atom stereocenters. The number of methoxy groups -OCH3 is 3. The van der Waals surface area contributed by atoms with E-state index in [0.29, 0.717) is 89.1 Å². The van der Waals surface area contributed by atoms with Crippen LogP contribution in [0.4, 0.5) is 4.39 Å². The van der Waals surface area contributed by atoms with Gasteiger partial charge in [0.05, 0.1) is 56.2 Å². The molecule has 2 aliphatic heterocycles. The van der Waals surface area contributed by atoms with Gasteiger partial charge in [-0.05, 0) is 126 Å². The van der Waals surface area contributed by atoms with Crippen molar-refractivity contribution in [3.8, 4) is 73.3 Å². The molecule has 10 aromatic rings. The highest BCUT2D eigenvalue weighted by atomic mass is 35.5. The highest BCUT2D eigenvalue weighted by molar-refractivity contribution is 7.22. The molecule has 2 aliphatic rings. The van der Waals surface area contributed by atoms with Gasteiger partial charge in [0.25, 0.3) is 0 Å². The van der Waals surface area contributed by atoms with Crippen LogP contribution in [0.5, 0.6) is 40.4 Å². The van der Waals surface area contributed by atoms with E-state index in [4.69, 9.17) is 64.2 Å². The summed E-state index contributed by atoms with van der Waals surface area (Å²) in [6.07, 6.45) is 0.866. The van der Waals surface area contributed by atoms with E-state index in [1.807, 2.05) is 116 Å². The fourth-order valence-corrected chi connectivity index (χ4v) is 11.5. The molecule has 7 aromatic carbocycles. The maximum atomic E-state index is 14.6. The van der Waals surface area contributed by atoms with Crippen molar-refractivity contribution >= 4 is 39.1 Å². The molecule has 83 heavy (non-hydrogen) atoms. The molecule has 17 heteroatoms. The molecule has 0 fully saturated rings. The maximum absolute atomic E-state index is 14.6. The third-order valence-electron chi connectivity index (χ3n) is 14.2. The number of carbonyl (C=O) groups excluding carboxylic acids is 1. The van der Waals surface area contributed by atoms with Gasteiger partial charge in [0.2, 0.25) is 12.0 Å². The highest BCUT2D eigenvalue weighted by Gasteiger charge is 2.39. The predicted octanol–water partition coefficient (Wildman–Crippen LogP) is 13.9. The molecule has 0 saturated carbocycles. The second-order valence-corrected chi connectivity index (χ2v) is 20.7. The van der Waals surface area contributed by atoms with Gasteiger partial charge in [-0.15, -0.1) is 11.3 Å². The molecular weight excluding hydrogens is 1100 g/mol. The molecule has 0 aliphatic carbocycles. The summed E-state index contributed by atoms with van der Waals surface area (Å²) in [6.45, 7) is 3.61. The predicted molar refractivity (Wildman–Crippen MR) is 316 cm³/mol. The minimum atomic E-state index is -1.28. The van der Waals surface area contributed by atoms with Crippen molar-refractivity contribution in [1.29, 1.82) is 0 Å². The summed E-state index contributed by atoms with van der Waals surface area (Å²) in [5.41, 5.74) is 5.80. The minimum absolute atomic E-state index is 0.0237. The molecular formula is C66H56ClFN4O10S. The average Bonchev–Trinajstić information content (AvgIpc) is 4.20. The molecule has 0 saturated heterocycles. The zero-order valence-corrected chi connectivity index (χ0v) is 47.5. The second-order valence-electron chi connectivity index (χ2n) is 19.3. The molecule has 0 N–H and O–H groups in total. The van der Waals surface area contributed by atoms with E-state index in [9.17, 15) is 9.18 Å². The number of fused-ring (bicyclic) bond motifs is 7. The number of rotatable bonds is 16. The summed E-state index contributed by atoms with van der Waals surface area (Å²) in [6, 6.07) is 50.1. The number of carbonyl (C=O) groups is 1. The Bertz CT molecular complexity index is 3860. The van der Waals surface area contributed by atoms with Crippen LogP contribution < -0.4 is 33.2 Å². The molecule has 0 spiro atoms. The summed E-state index contributed by atoms with van der Waals surface area (Å²) in [4.78, 5) is 34.4. The summed E-state index contributed by atoms with van der Waals surface area (Å²) >= 11 is 8.88. The Morgan fingerprint density at radius 1 is 0.747 bits per heavy atom.